The Morgan fingerprint density at radius 2 is 1.68 bits per heavy atom. The van der Waals surface area contributed by atoms with Crippen molar-refractivity contribution in [3.8, 4) is 0 Å². The van der Waals surface area contributed by atoms with E-state index in [1.54, 1.807) is 12.1 Å². The minimum Gasteiger partial charge on any atom is -0.452 e. The van der Waals surface area contributed by atoms with Crippen LogP contribution in [0.1, 0.15) is 10.4 Å². The van der Waals surface area contributed by atoms with E-state index >= 15 is 0 Å². The maximum absolute atomic E-state index is 11.8. The molecule has 0 aromatic heterocycles. The molecule has 0 spiro atoms. The molecule has 8 nitrogen and oxygen atoms in total. The van der Waals surface area contributed by atoms with E-state index in [0.29, 0.717) is 5.69 Å². The molecule has 0 aliphatic rings. The summed E-state index contributed by atoms with van der Waals surface area (Å²) in [6, 6.07) is 12.1. The summed E-state index contributed by atoms with van der Waals surface area (Å²) in [5.41, 5.74) is 1.58. The number of ether oxygens (including phenoxy) is 1. The number of hydrogen-bond donors (Lipinski definition) is 1. The first-order valence-electron chi connectivity index (χ1n) is 7.35. The summed E-state index contributed by atoms with van der Waals surface area (Å²) in [4.78, 5) is 35.6. The Morgan fingerprint density at radius 1 is 1.08 bits per heavy atom. The topological polar surface area (TPSA) is 102 Å². The minimum atomic E-state index is -0.729. The van der Waals surface area contributed by atoms with Gasteiger partial charge in [0.25, 0.3) is 11.6 Å². The van der Waals surface area contributed by atoms with E-state index in [4.69, 9.17) is 4.74 Å². The fourth-order valence-electron chi connectivity index (χ4n) is 1.97. The van der Waals surface area contributed by atoms with Gasteiger partial charge in [0.15, 0.2) is 6.61 Å². The number of amides is 1. The molecule has 2 aromatic carbocycles. The van der Waals surface area contributed by atoms with Gasteiger partial charge in [-0.05, 0) is 36.4 Å². The molecule has 130 valence electrons. The van der Waals surface area contributed by atoms with Crippen molar-refractivity contribution in [1.29, 1.82) is 0 Å². The van der Waals surface area contributed by atoms with Gasteiger partial charge in [0.1, 0.15) is 0 Å². The van der Waals surface area contributed by atoms with Gasteiger partial charge in [-0.1, -0.05) is 0 Å². The third kappa shape index (κ3) is 5.03. The second-order valence-electron chi connectivity index (χ2n) is 5.37. The molecule has 2 aromatic rings. The number of carbonyl (C=O) groups is 2. The number of rotatable bonds is 6. The molecular weight excluding hydrogens is 326 g/mol. The monoisotopic (exact) mass is 343 g/mol. The molecule has 0 heterocycles. The standard InChI is InChI=1S/C17H17N3O5/c1-19(2)14-9-5-13(6-10-14)18-16(21)11-25-17(22)12-3-7-15(8-4-12)20(23)24/h3-10H,11H2,1-2H3,(H,18,21). The quantitative estimate of drug-likeness (QED) is 0.491. The first-order valence-corrected chi connectivity index (χ1v) is 7.35. The lowest BCUT2D eigenvalue weighted by molar-refractivity contribution is -0.384. The van der Waals surface area contributed by atoms with Crippen molar-refractivity contribution in [3.05, 3.63) is 64.2 Å². The fourth-order valence-corrected chi connectivity index (χ4v) is 1.97. The van der Waals surface area contributed by atoms with Gasteiger partial charge < -0.3 is 15.0 Å². The molecule has 25 heavy (non-hydrogen) atoms. The number of nitro groups is 1. The zero-order valence-corrected chi connectivity index (χ0v) is 13.8. The van der Waals surface area contributed by atoms with E-state index < -0.39 is 23.4 Å². The molecule has 0 saturated heterocycles. The molecule has 2 rings (SSSR count). The summed E-state index contributed by atoms with van der Waals surface area (Å²) >= 11 is 0. The van der Waals surface area contributed by atoms with Crippen LogP contribution in [-0.2, 0) is 9.53 Å². The summed E-state index contributed by atoms with van der Waals surface area (Å²) in [5.74, 6) is -1.21. The Labute approximate surface area is 144 Å². The van der Waals surface area contributed by atoms with Crippen LogP contribution >= 0.6 is 0 Å². The van der Waals surface area contributed by atoms with Gasteiger partial charge in [-0.25, -0.2) is 4.79 Å². The lowest BCUT2D eigenvalue weighted by Crippen LogP contribution is -2.21. The van der Waals surface area contributed by atoms with Gasteiger partial charge in [-0.3, -0.25) is 14.9 Å². The SMILES string of the molecule is CN(C)c1ccc(NC(=O)COC(=O)c2ccc([N+](=O)[O-])cc2)cc1. The number of carbonyl (C=O) groups excluding carboxylic acids is 2. The van der Waals surface area contributed by atoms with Gasteiger partial charge in [-0.2, -0.15) is 0 Å². The summed E-state index contributed by atoms with van der Waals surface area (Å²) in [6.45, 7) is -0.453. The second kappa shape index (κ2) is 7.91. The molecule has 0 unspecified atom stereocenters. The lowest BCUT2D eigenvalue weighted by Gasteiger charge is -2.13. The summed E-state index contributed by atoms with van der Waals surface area (Å²) in [6.07, 6.45) is 0. The maximum atomic E-state index is 11.8. The Balaban J connectivity index is 1.86. The molecule has 0 aliphatic carbocycles. The van der Waals surface area contributed by atoms with Crippen LogP contribution in [0.2, 0.25) is 0 Å². The Bertz CT molecular complexity index is 770. The van der Waals surface area contributed by atoms with Crippen molar-refractivity contribution in [2.45, 2.75) is 0 Å². The van der Waals surface area contributed by atoms with Crippen molar-refractivity contribution in [3.63, 3.8) is 0 Å². The predicted molar refractivity (Wildman–Crippen MR) is 92.8 cm³/mol. The Hall–Kier alpha value is -3.42. The molecule has 0 saturated carbocycles. The molecule has 1 N–H and O–H groups in total. The molecule has 8 heteroatoms. The third-order valence-corrected chi connectivity index (χ3v) is 3.32. The minimum absolute atomic E-state index is 0.129. The normalized spacial score (nSPS) is 10.0. The largest absolute Gasteiger partial charge is 0.452 e. The first-order chi connectivity index (χ1) is 11.9. The first kappa shape index (κ1) is 17.9. The van der Waals surface area contributed by atoms with Crippen LogP contribution < -0.4 is 10.2 Å². The van der Waals surface area contributed by atoms with E-state index in [1.165, 1.54) is 24.3 Å². The van der Waals surface area contributed by atoms with Gasteiger partial charge in [0.05, 0.1) is 10.5 Å². The number of esters is 1. The summed E-state index contributed by atoms with van der Waals surface area (Å²) in [5, 5.41) is 13.2. The number of hydrogen-bond acceptors (Lipinski definition) is 6. The zero-order valence-electron chi connectivity index (χ0n) is 13.8. The highest BCUT2D eigenvalue weighted by molar-refractivity contribution is 5.95. The van der Waals surface area contributed by atoms with Crippen molar-refractivity contribution >= 4 is 28.9 Å². The lowest BCUT2D eigenvalue weighted by atomic mass is 10.2. The van der Waals surface area contributed by atoms with Crippen LogP contribution in [0.25, 0.3) is 0 Å². The van der Waals surface area contributed by atoms with E-state index in [1.807, 2.05) is 31.1 Å². The smallest absolute Gasteiger partial charge is 0.338 e. The highest BCUT2D eigenvalue weighted by Crippen LogP contribution is 2.16. The molecule has 0 fully saturated rings. The van der Waals surface area contributed by atoms with Crippen LogP contribution in [0, 0.1) is 10.1 Å². The van der Waals surface area contributed by atoms with Crippen molar-refractivity contribution in [1.82, 2.24) is 0 Å². The van der Waals surface area contributed by atoms with Gasteiger partial charge >= 0.3 is 5.97 Å². The van der Waals surface area contributed by atoms with E-state index in [9.17, 15) is 19.7 Å². The van der Waals surface area contributed by atoms with Crippen LogP contribution in [0.15, 0.2) is 48.5 Å². The van der Waals surface area contributed by atoms with Crippen molar-refractivity contribution in [2.24, 2.45) is 0 Å². The number of nitro benzene ring substituents is 1. The van der Waals surface area contributed by atoms with Gasteiger partial charge in [0, 0.05) is 37.6 Å². The number of nitrogens with zero attached hydrogens (tertiary/aromatic N) is 2. The van der Waals surface area contributed by atoms with Crippen LogP contribution in [0.5, 0.6) is 0 Å². The van der Waals surface area contributed by atoms with E-state index in [0.717, 1.165) is 5.69 Å². The Morgan fingerprint density at radius 3 is 2.20 bits per heavy atom. The van der Waals surface area contributed by atoms with Crippen LogP contribution in [0.3, 0.4) is 0 Å². The molecule has 1 amide bonds. The second-order valence-corrected chi connectivity index (χ2v) is 5.37. The average Bonchev–Trinajstić information content (AvgIpc) is 2.60. The maximum Gasteiger partial charge on any atom is 0.338 e. The summed E-state index contributed by atoms with van der Waals surface area (Å²) in [7, 11) is 3.82. The van der Waals surface area contributed by atoms with Crippen LogP contribution in [0.4, 0.5) is 17.1 Å². The fraction of sp³-hybridized carbons (Fsp3) is 0.176. The average molecular weight is 343 g/mol. The highest BCUT2D eigenvalue weighted by atomic mass is 16.6. The van der Waals surface area contributed by atoms with E-state index in [2.05, 4.69) is 5.32 Å². The number of non-ortho nitro benzene ring substituents is 1. The number of nitrogens with one attached hydrogen (secondary N) is 1. The molecular formula is C17H17N3O5. The molecule has 0 radical (unpaired) electrons. The predicted octanol–water partition coefficient (Wildman–Crippen LogP) is 2.46. The molecule has 0 atom stereocenters. The number of anilines is 2. The zero-order chi connectivity index (χ0) is 18.4. The third-order valence-electron chi connectivity index (χ3n) is 3.32. The van der Waals surface area contributed by atoms with Crippen LogP contribution in [-0.4, -0.2) is 37.5 Å². The van der Waals surface area contributed by atoms with Crippen molar-refractivity contribution in [2.75, 3.05) is 30.9 Å². The van der Waals surface area contributed by atoms with E-state index in [-0.39, 0.29) is 11.3 Å². The van der Waals surface area contributed by atoms with Gasteiger partial charge in [0.2, 0.25) is 0 Å². The van der Waals surface area contributed by atoms with Crippen molar-refractivity contribution < 1.29 is 19.2 Å². The number of benzene rings is 2. The van der Waals surface area contributed by atoms with Gasteiger partial charge in [-0.15, -0.1) is 0 Å². The highest BCUT2D eigenvalue weighted by Gasteiger charge is 2.12. The Kier molecular flexibility index (Phi) is 5.67. The summed E-state index contributed by atoms with van der Waals surface area (Å²) < 4.78 is 4.90. The molecule has 0 aliphatic heterocycles. The molecule has 0 bridgehead atoms.